The molecule has 1 aliphatic rings. The van der Waals surface area contributed by atoms with Gasteiger partial charge in [-0.3, -0.25) is 24.6 Å². The number of aryl methyl sites for hydroxylation is 1. The third kappa shape index (κ3) is 3.94. The van der Waals surface area contributed by atoms with Crippen LogP contribution in [0, 0.1) is 6.92 Å². The average Bonchev–Trinajstić information content (AvgIpc) is 3.03. The molecule has 1 saturated heterocycles. The highest BCUT2D eigenvalue weighted by atomic mass is 16.1. The molecule has 1 amide bonds. The summed E-state index contributed by atoms with van der Waals surface area (Å²) < 4.78 is 0. The largest absolute Gasteiger partial charge is 0.351 e. The molecule has 0 bridgehead atoms. The molecule has 1 aliphatic heterocycles. The number of hydrogen-bond donors (Lipinski definition) is 1. The highest BCUT2D eigenvalue weighted by Crippen LogP contribution is 2.31. The van der Waals surface area contributed by atoms with Gasteiger partial charge >= 0.3 is 0 Å². The Bertz CT molecular complexity index is 718. The molecule has 2 aromatic heterocycles. The van der Waals surface area contributed by atoms with Crippen LogP contribution in [0.5, 0.6) is 0 Å². The predicted octanol–water partition coefficient (Wildman–Crippen LogP) is 2.15. The lowest BCUT2D eigenvalue weighted by molar-refractivity contribution is -0.119. The van der Waals surface area contributed by atoms with Gasteiger partial charge in [-0.15, -0.1) is 0 Å². The van der Waals surface area contributed by atoms with Gasteiger partial charge in [0.05, 0.1) is 42.1 Å². The van der Waals surface area contributed by atoms with Gasteiger partial charge in [-0.25, -0.2) is 0 Å². The summed E-state index contributed by atoms with van der Waals surface area (Å²) in [5.74, 6) is -0.0599. The number of amides is 1. The Hall–Kier alpha value is -2.34. The maximum atomic E-state index is 11.1. The number of nitrogens with zero attached hydrogens (tertiary/aromatic N) is 4. The van der Waals surface area contributed by atoms with Crippen LogP contribution < -0.4 is 5.32 Å². The van der Waals surface area contributed by atoms with Crippen molar-refractivity contribution in [3.63, 3.8) is 0 Å². The molecular formula is C18H23N5O. The summed E-state index contributed by atoms with van der Waals surface area (Å²) in [6.45, 7) is 5.89. The van der Waals surface area contributed by atoms with Crippen molar-refractivity contribution in [2.75, 3.05) is 6.54 Å². The molecule has 1 N–H and O–H groups in total. The van der Waals surface area contributed by atoms with E-state index in [2.05, 4.69) is 33.2 Å². The van der Waals surface area contributed by atoms with Crippen molar-refractivity contribution in [1.29, 1.82) is 0 Å². The summed E-state index contributed by atoms with van der Waals surface area (Å²) >= 11 is 0. The summed E-state index contributed by atoms with van der Waals surface area (Å²) in [6, 6.07) is 4.33. The van der Waals surface area contributed by atoms with Crippen LogP contribution in [0.4, 0.5) is 0 Å². The van der Waals surface area contributed by atoms with E-state index in [-0.39, 0.29) is 11.9 Å². The van der Waals surface area contributed by atoms with E-state index in [9.17, 15) is 4.79 Å². The first-order chi connectivity index (χ1) is 11.6. The third-order valence-corrected chi connectivity index (χ3v) is 4.40. The van der Waals surface area contributed by atoms with Crippen molar-refractivity contribution in [2.45, 2.75) is 45.8 Å². The van der Waals surface area contributed by atoms with Gasteiger partial charge in [0.1, 0.15) is 0 Å². The Morgan fingerprint density at radius 2 is 2.29 bits per heavy atom. The van der Waals surface area contributed by atoms with Crippen LogP contribution in [0.2, 0.25) is 0 Å². The highest BCUT2D eigenvalue weighted by molar-refractivity contribution is 5.72. The lowest BCUT2D eigenvalue weighted by Crippen LogP contribution is -2.25. The quantitative estimate of drug-likeness (QED) is 0.912. The van der Waals surface area contributed by atoms with Gasteiger partial charge in [-0.1, -0.05) is 6.07 Å². The van der Waals surface area contributed by atoms with Crippen LogP contribution in [0.15, 0.2) is 30.7 Å². The molecule has 1 fully saturated rings. The van der Waals surface area contributed by atoms with E-state index in [0.717, 1.165) is 43.0 Å². The van der Waals surface area contributed by atoms with E-state index in [0.29, 0.717) is 6.54 Å². The van der Waals surface area contributed by atoms with Crippen LogP contribution in [0.3, 0.4) is 0 Å². The molecule has 3 heterocycles. The molecule has 6 heteroatoms. The molecule has 1 unspecified atom stereocenters. The third-order valence-electron chi connectivity index (χ3n) is 4.40. The van der Waals surface area contributed by atoms with Gasteiger partial charge < -0.3 is 5.32 Å². The summed E-state index contributed by atoms with van der Waals surface area (Å²) in [4.78, 5) is 27.0. The number of likely N-dealkylation sites (tertiary alicyclic amines) is 1. The molecule has 0 aliphatic carbocycles. The first-order valence-electron chi connectivity index (χ1n) is 8.33. The van der Waals surface area contributed by atoms with Crippen LogP contribution in [-0.2, 0) is 17.9 Å². The summed E-state index contributed by atoms with van der Waals surface area (Å²) in [7, 11) is 0. The SMILES string of the molecule is CC(=O)NCc1cncc(C2CCCN2Cc2ncccc2C)n1. The molecular weight excluding hydrogens is 302 g/mol. The fourth-order valence-electron chi connectivity index (χ4n) is 3.11. The second-order valence-electron chi connectivity index (χ2n) is 6.24. The number of aromatic nitrogens is 3. The Morgan fingerprint density at radius 3 is 3.08 bits per heavy atom. The predicted molar refractivity (Wildman–Crippen MR) is 90.9 cm³/mol. The molecule has 6 nitrogen and oxygen atoms in total. The second-order valence-corrected chi connectivity index (χ2v) is 6.24. The van der Waals surface area contributed by atoms with Gasteiger partial charge in [-0.2, -0.15) is 0 Å². The minimum atomic E-state index is -0.0599. The standard InChI is InChI=1S/C18H23N5O/c1-13-5-3-7-20-17(13)12-23-8-4-6-18(23)16-11-19-9-15(22-16)10-21-14(2)24/h3,5,7,9,11,18H,4,6,8,10,12H2,1-2H3,(H,21,24). The molecule has 3 rings (SSSR count). The zero-order valence-electron chi connectivity index (χ0n) is 14.2. The van der Waals surface area contributed by atoms with Crippen LogP contribution in [0.1, 0.15) is 48.5 Å². The van der Waals surface area contributed by atoms with Gasteiger partial charge in [-0.05, 0) is 37.9 Å². The molecule has 126 valence electrons. The van der Waals surface area contributed by atoms with Crippen molar-refractivity contribution in [3.05, 3.63) is 53.4 Å². The molecule has 2 aromatic rings. The first kappa shape index (κ1) is 16.5. The molecule has 0 saturated carbocycles. The Kier molecular flexibility index (Phi) is 5.15. The highest BCUT2D eigenvalue weighted by Gasteiger charge is 2.28. The molecule has 0 spiro atoms. The Morgan fingerprint density at radius 1 is 1.42 bits per heavy atom. The van der Waals surface area contributed by atoms with Gasteiger partial charge in [0.2, 0.25) is 5.91 Å². The minimum absolute atomic E-state index is 0.0599. The van der Waals surface area contributed by atoms with Gasteiger partial charge in [0.15, 0.2) is 0 Å². The second kappa shape index (κ2) is 7.49. The zero-order valence-corrected chi connectivity index (χ0v) is 14.2. The maximum Gasteiger partial charge on any atom is 0.217 e. The molecule has 0 aromatic carbocycles. The molecule has 0 radical (unpaired) electrons. The number of rotatable bonds is 5. The average molecular weight is 325 g/mol. The minimum Gasteiger partial charge on any atom is -0.351 e. The lowest BCUT2D eigenvalue weighted by atomic mass is 10.1. The number of nitrogens with one attached hydrogen (secondary N) is 1. The van der Waals surface area contributed by atoms with E-state index in [4.69, 9.17) is 4.98 Å². The van der Waals surface area contributed by atoms with E-state index >= 15 is 0 Å². The van der Waals surface area contributed by atoms with E-state index in [1.807, 2.05) is 18.5 Å². The summed E-state index contributed by atoms with van der Waals surface area (Å²) in [6.07, 6.45) is 7.62. The smallest absolute Gasteiger partial charge is 0.217 e. The maximum absolute atomic E-state index is 11.1. The summed E-state index contributed by atoms with van der Waals surface area (Å²) in [5, 5.41) is 2.77. The monoisotopic (exact) mass is 325 g/mol. The first-order valence-corrected chi connectivity index (χ1v) is 8.33. The van der Waals surface area contributed by atoms with Gasteiger partial charge in [0.25, 0.3) is 0 Å². The van der Waals surface area contributed by atoms with Crippen LogP contribution in [-0.4, -0.2) is 32.3 Å². The fraction of sp³-hybridized carbons (Fsp3) is 0.444. The number of carbonyl (C=O) groups excluding carboxylic acids is 1. The fourth-order valence-corrected chi connectivity index (χ4v) is 3.11. The van der Waals surface area contributed by atoms with Crippen LogP contribution >= 0.6 is 0 Å². The normalized spacial score (nSPS) is 17.8. The Balaban J connectivity index is 1.74. The van der Waals surface area contributed by atoms with Crippen molar-refractivity contribution in [3.8, 4) is 0 Å². The summed E-state index contributed by atoms with van der Waals surface area (Å²) in [5.41, 5.74) is 4.10. The zero-order chi connectivity index (χ0) is 16.9. The van der Waals surface area contributed by atoms with Crippen molar-refractivity contribution in [2.24, 2.45) is 0 Å². The lowest BCUT2D eigenvalue weighted by Gasteiger charge is -2.24. The number of hydrogen-bond acceptors (Lipinski definition) is 5. The van der Waals surface area contributed by atoms with Gasteiger partial charge in [0, 0.05) is 19.7 Å². The number of carbonyl (C=O) groups is 1. The van der Waals surface area contributed by atoms with Crippen LogP contribution in [0.25, 0.3) is 0 Å². The van der Waals surface area contributed by atoms with Crippen molar-refractivity contribution >= 4 is 5.91 Å². The number of pyridine rings is 1. The molecule has 1 atom stereocenters. The topological polar surface area (TPSA) is 71.0 Å². The Labute approximate surface area is 142 Å². The van der Waals surface area contributed by atoms with E-state index in [1.165, 1.54) is 12.5 Å². The van der Waals surface area contributed by atoms with Crippen molar-refractivity contribution in [1.82, 2.24) is 25.2 Å². The molecule has 24 heavy (non-hydrogen) atoms. The van der Waals surface area contributed by atoms with E-state index in [1.54, 1.807) is 6.20 Å². The van der Waals surface area contributed by atoms with E-state index < -0.39 is 0 Å². The van der Waals surface area contributed by atoms with Crippen molar-refractivity contribution < 1.29 is 4.79 Å².